The van der Waals surface area contributed by atoms with Crippen molar-refractivity contribution in [3.8, 4) is 0 Å². The van der Waals surface area contributed by atoms with E-state index in [1.807, 2.05) is 24.3 Å². The number of ether oxygens (including phenoxy) is 1. The van der Waals surface area contributed by atoms with Crippen molar-refractivity contribution in [2.45, 2.75) is 12.5 Å². The molecule has 1 aromatic carbocycles. The number of hydrogen-bond acceptors (Lipinski definition) is 3. The molecule has 0 unspecified atom stereocenters. The van der Waals surface area contributed by atoms with Crippen LogP contribution in [-0.4, -0.2) is 52.7 Å². The highest BCUT2D eigenvalue weighted by atomic mass is 79.9. The molecule has 2 N–H and O–H groups in total. The predicted octanol–water partition coefficient (Wildman–Crippen LogP) is 2.25. The van der Waals surface area contributed by atoms with Crippen LogP contribution in [0, 0.1) is 0 Å². The minimum atomic E-state index is -0.922. The maximum atomic E-state index is 12.6. The van der Waals surface area contributed by atoms with Gasteiger partial charge in [0.15, 0.2) is 0 Å². The van der Waals surface area contributed by atoms with Crippen molar-refractivity contribution < 1.29 is 19.4 Å². The number of aliphatic carboxylic acids is 1. The number of carboxylic acids is 1. The van der Waals surface area contributed by atoms with E-state index >= 15 is 0 Å². The summed E-state index contributed by atoms with van der Waals surface area (Å²) in [6.45, 7) is 1.12. The molecule has 1 aliphatic heterocycles. The fourth-order valence-electron chi connectivity index (χ4n) is 2.61. The number of morpholine rings is 1. The van der Waals surface area contributed by atoms with E-state index in [0.29, 0.717) is 25.4 Å². The molecule has 6 nitrogen and oxygen atoms in total. The molecule has 0 bridgehead atoms. The van der Waals surface area contributed by atoms with E-state index in [9.17, 15) is 9.59 Å². The molecule has 1 aromatic heterocycles. The standard InChI is InChI=1S/C15H15BrN2O4/c16-10-1-2-12-9(5-10)6-13(17-12)15(21)18-3-4-22-11(8-18)7-14(19)20/h1-2,5-6,11,17H,3-4,7-8H2,(H,19,20)/t11-/m1/s1. The third-order valence-corrected chi connectivity index (χ3v) is 4.13. The molecule has 0 radical (unpaired) electrons. The van der Waals surface area contributed by atoms with Crippen molar-refractivity contribution in [3.63, 3.8) is 0 Å². The first-order chi connectivity index (χ1) is 10.5. The predicted molar refractivity (Wildman–Crippen MR) is 83.9 cm³/mol. The van der Waals surface area contributed by atoms with Crippen LogP contribution in [0.3, 0.4) is 0 Å². The van der Waals surface area contributed by atoms with Crippen molar-refractivity contribution in [2.24, 2.45) is 0 Å². The molecule has 0 aliphatic carbocycles. The summed E-state index contributed by atoms with van der Waals surface area (Å²) in [5.41, 5.74) is 1.39. The quantitative estimate of drug-likeness (QED) is 0.872. The summed E-state index contributed by atoms with van der Waals surface area (Å²) in [6.07, 6.45) is -0.544. The average molecular weight is 367 g/mol. The number of aromatic nitrogens is 1. The van der Waals surface area contributed by atoms with Crippen LogP contribution in [0.2, 0.25) is 0 Å². The van der Waals surface area contributed by atoms with Gasteiger partial charge in [-0.2, -0.15) is 0 Å². The summed E-state index contributed by atoms with van der Waals surface area (Å²) < 4.78 is 6.34. The largest absolute Gasteiger partial charge is 0.481 e. The zero-order valence-corrected chi connectivity index (χ0v) is 13.3. The smallest absolute Gasteiger partial charge is 0.306 e. The normalized spacial score (nSPS) is 18.6. The zero-order chi connectivity index (χ0) is 15.7. The van der Waals surface area contributed by atoms with Crippen molar-refractivity contribution in [1.82, 2.24) is 9.88 Å². The third kappa shape index (κ3) is 3.15. The number of nitrogens with one attached hydrogen (secondary N) is 1. The highest BCUT2D eigenvalue weighted by Gasteiger charge is 2.27. The van der Waals surface area contributed by atoms with Gasteiger partial charge in [0.1, 0.15) is 5.69 Å². The number of hydrogen-bond donors (Lipinski definition) is 2. The van der Waals surface area contributed by atoms with E-state index in [1.54, 1.807) is 4.90 Å². The molecular weight excluding hydrogens is 352 g/mol. The Morgan fingerprint density at radius 3 is 3.00 bits per heavy atom. The second-order valence-corrected chi connectivity index (χ2v) is 6.17. The lowest BCUT2D eigenvalue weighted by molar-refractivity contribution is -0.141. The molecule has 2 heterocycles. The zero-order valence-electron chi connectivity index (χ0n) is 11.7. The average Bonchev–Trinajstić information content (AvgIpc) is 2.89. The van der Waals surface area contributed by atoms with Crippen LogP contribution in [0.25, 0.3) is 10.9 Å². The number of aromatic amines is 1. The molecule has 0 spiro atoms. The number of fused-ring (bicyclic) bond motifs is 1. The number of rotatable bonds is 3. The van der Waals surface area contributed by atoms with Gasteiger partial charge < -0.3 is 19.7 Å². The minimum Gasteiger partial charge on any atom is -0.481 e. The Labute approximate surface area is 135 Å². The molecule has 2 aromatic rings. The third-order valence-electron chi connectivity index (χ3n) is 3.64. The number of benzene rings is 1. The van der Waals surface area contributed by atoms with E-state index in [0.717, 1.165) is 15.4 Å². The number of carboxylic acid groups (broad SMARTS) is 1. The summed E-state index contributed by atoms with van der Waals surface area (Å²) in [5, 5.41) is 9.79. The first-order valence-electron chi connectivity index (χ1n) is 6.94. The number of halogens is 1. The van der Waals surface area contributed by atoms with Crippen LogP contribution < -0.4 is 0 Å². The van der Waals surface area contributed by atoms with Crippen LogP contribution in [0.4, 0.5) is 0 Å². The summed E-state index contributed by atoms with van der Waals surface area (Å²) in [6, 6.07) is 7.56. The van der Waals surface area contributed by atoms with Crippen LogP contribution >= 0.6 is 15.9 Å². The first-order valence-corrected chi connectivity index (χ1v) is 7.73. The van der Waals surface area contributed by atoms with Crippen LogP contribution in [0.15, 0.2) is 28.7 Å². The van der Waals surface area contributed by atoms with Crippen LogP contribution in [0.5, 0.6) is 0 Å². The van der Waals surface area contributed by atoms with Gasteiger partial charge in [-0.1, -0.05) is 15.9 Å². The fourth-order valence-corrected chi connectivity index (χ4v) is 2.99. The van der Waals surface area contributed by atoms with Crippen molar-refractivity contribution in [3.05, 3.63) is 34.4 Å². The maximum Gasteiger partial charge on any atom is 0.306 e. The molecule has 0 saturated carbocycles. The molecule has 1 saturated heterocycles. The Kier molecular flexibility index (Phi) is 4.17. The molecule has 1 amide bonds. The van der Waals surface area contributed by atoms with E-state index in [1.165, 1.54) is 0 Å². The van der Waals surface area contributed by atoms with Gasteiger partial charge in [0.2, 0.25) is 0 Å². The van der Waals surface area contributed by atoms with Crippen LogP contribution in [-0.2, 0) is 9.53 Å². The lowest BCUT2D eigenvalue weighted by Crippen LogP contribution is -2.46. The topological polar surface area (TPSA) is 82.6 Å². The lowest BCUT2D eigenvalue weighted by Gasteiger charge is -2.32. The summed E-state index contributed by atoms with van der Waals surface area (Å²) >= 11 is 3.40. The Hall–Kier alpha value is -1.86. The first kappa shape index (κ1) is 15.1. The van der Waals surface area contributed by atoms with E-state index in [2.05, 4.69) is 20.9 Å². The van der Waals surface area contributed by atoms with Crippen molar-refractivity contribution in [2.75, 3.05) is 19.7 Å². The summed E-state index contributed by atoms with van der Waals surface area (Å²) in [7, 11) is 0. The number of carbonyl (C=O) groups excluding carboxylic acids is 1. The van der Waals surface area contributed by atoms with Gasteiger partial charge >= 0.3 is 5.97 Å². The molecular formula is C15H15BrN2O4. The summed E-state index contributed by atoms with van der Waals surface area (Å²) in [4.78, 5) is 28.1. The molecule has 7 heteroatoms. The monoisotopic (exact) mass is 366 g/mol. The molecule has 1 aliphatic rings. The molecule has 116 valence electrons. The number of H-pyrrole nitrogens is 1. The van der Waals surface area contributed by atoms with Crippen molar-refractivity contribution >= 4 is 38.7 Å². The lowest BCUT2D eigenvalue weighted by atomic mass is 10.2. The van der Waals surface area contributed by atoms with E-state index in [4.69, 9.17) is 9.84 Å². The Bertz CT molecular complexity index is 727. The van der Waals surface area contributed by atoms with Gasteiger partial charge in [0, 0.05) is 28.5 Å². The maximum absolute atomic E-state index is 12.6. The van der Waals surface area contributed by atoms with Gasteiger partial charge in [-0.25, -0.2) is 0 Å². The second kappa shape index (κ2) is 6.10. The Balaban J connectivity index is 1.78. The minimum absolute atomic E-state index is 0.0938. The van der Waals surface area contributed by atoms with Gasteiger partial charge in [-0.3, -0.25) is 9.59 Å². The van der Waals surface area contributed by atoms with Crippen molar-refractivity contribution in [1.29, 1.82) is 0 Å². The highest BCUT2D eigenvalue weighted by molar-refractivity contribution is 9.10. The molecule has 1 atom stereocenters. The number of amides is 1. The van der Waals surface area contributed by atoms with Gasteiger partial charge in [0.25, 0.3) is 5.91 Å². The van der Waals surface area contributed by atoms with Gasteiger partial charge in [0.05, 0.1) is 19.1 Å². The second-order valence-electron chi connectivity index (χ2n) is 5.26. The molecule has 22 heavy (non-hydrogen) atoms. The molecule has 3 rings (SSSR count). The highest BCUT2D eigenvalue weighted by Crippen LogP contribution is 2.22. The van der Waals surface area contributed by atoms with E-state index < -0.39 is 12.1 Å². The molecule has 1 fully saturated rings. The number of nitrogens with zero attached hydrogens (tertiary/aromatic N) is 1. The van der Waals surface area contributed by atoms with Gasteiger partial charge in [-0.05, 0) is 24.3 Å². The number of carbonyl (C=O) groups is 2. The van der Waals surface area contributed by atoms with Gasteiger partial charge in [-0.15, -0.1) is 0 Å². The Morgan fingerprint density at radius 2 is 2.23 bits per heavy atom. The fraction of sp³-hybridized carbons (Fsp3) is 0.333. The summed E-state index contributed by atoms with van der Waals surface area (Å²) in [5.74, 6) is -1.05. The Morgan fingerprint density at radius 1 is 1.41 bits per heavy atom. The SMILES string of the molecule is O=C(O)C[C@@H]1CN(C(=O)c2cc3cc(Br)ccc3[nH]2)CCO1. The van der Waals surface area contributed by atoms with Crippen LogP contribution in [0.1, 0.15) is 16.9 Å². The van der Waals surface area contributed by atoms with E-state index in [-0.39, 0.29) is 12.3 Å².